The molecule has 0 saturated heterocycles. The molecule has 9 heteroatoms. The van der Waals surface area contributed by atoms with E-state index in [-0.39, 0.29) is 24.0 Å². The Morgan fingerprint density at radius 2 is 1.84 bits per heavy atom. The summed E-state index contributed by atoms with van der Waals surface area (Å²) >= 11 is 7.24. The van der Waals surface area contributed by atoms with Crippen LogP contribution in [-0.4, -0.2) is 48.0 Å². The van der Waals surface area contributed by atoms with Crippen molar-refractivity contribution in [1.29, 1.82) is 0 Å². The molecular weight excluding hydrogens is 450 g/mol. The SMILES string of the molecule is CCOC(=O)c1c(NC(=O)c2c(C)c3cc(Cl)ccc3n2CC)sc(C(=O)N(C)C)c1C. The molecule has 3 aromatic rings. The maximum atomic E-state index is 13.4. The number of aryl methyl sites for hydroxylation is 2. The number of anilines is 1. The van der Waals surface area contributed by atoms with Gasteiger partial charge in [0.2, 0.25) is 0 Å². The number of rotatable bonds is 6. The van der Waals surface area contributed by atoms with E-state index in [9.17, 15) is 14.4 Å². The van der Waals surface area contributed by atoms with Gasteiger partial charge < -0.3 is 19.5 Å². The Hall–Kier alpha value is -2.84. The highest BCUT2D eigenvalue weighted by molar-refractivity contribution is 7.18. The number of halogens is 1. The molecule has 170 valence electrons. The maximum Gasteiger partial charge on any atom is 0.341 e. The molecule has 0 aliphatic heterocycles. The molecule has 2 amide bonds. The standard InChI is InChI=1S/C23H26ClN3O4S/c1-7-27-16-10-9-14(24)11-15(16)12(3)18(27)20(28)25-21-17(23(30)31-8-2)13(4)19(32-21)22(29)26(5)6/h9-11H,7-8H2,1-6H3,(H,25,28). The summed E-state index contributed by atoms with van der Waals surface area (Å²) in [5.41, 5.74) is 2.86. The number of nitrogens with one attached hydrogen (secondary N) is 1. The Morgan fingerprint density at radius 1 is 1.16 bits per heavy atom. The van der Waals surface area contributed by atoms with Gasteiger partial charge in [-0.15, -0.1) is 11.3 Å². The number of hydrogen-bond donors (Lipinski definition) is 1. The summed E-state index contributed by atoms with van der Waals surface area (Å²) in [7, 11) is 3.27. The summed E-state index contributed by atoms with van der Waals surface area (Å²) in [6.45, 7) is 7.98. The second kappa shape index (κ2) is 9.34. The molecule has 32 heavy (non-hydrogen) atoms. The van der Waals surface area contributed by atoms with Gasteiger partial charge in [0, 0.05) is 36.6 Å². The van der Waals surface area contributed by atoms with E-state index in [1.807, 2.05) is 30.5 Å². The first-order valence-corrected chi connectivity index (χ1v) is 11.4. The summed E-state index contributed by atoms with van der Waals surface area (Å²) in [5.74, 6) is -1.19. The van der Waals surface area contributed by atoms with Crippen LogP contribution in [0.1, 0.15) is 55.5 Å². The first-order chi connectivity index (χ1) is 15.1. The van der Waals surface area contributed by atoms with Gasteiger partial charge in [-0.1, -0.05) is 11.6 Å². The molecule has 0 fully saturated rings. The minimum atomic E-state index is -0.575. The van der Waals surface area contributed by atoms with Crippen molar-refractivity contribution in [2.24, 2.45) is 0 Å². The van der Waals surface area contributed by atoms with Gasteiger partial charge in [-0.25, -0.2) is 4.79 Å². The summed E-state index contributed by atoms with van der Waals surface area (Å²) in [6, 6.07) is 5.51. The lowest BCUT2D eigenvalue weighted by atomic mass is 10.1. The van der Waals surface area contributed by atoms with Crippen LogP contribution in [-0.2, 0) is 11.3 Å². The monoisotopic (exact) mass is 475 g/mol. The Labute approximate surface area is 195 Å². The van der Waals surface area contributed by atoms with Crippen LogP contribution in [0.5, 0.6) is 0 Å². The van der Waals surface area contributed by atoms with Crippen molar-refractivity contribution in [3.63, 3.8) is 0 Å². The number of amides is 2. The molecule has 7 nitrogen and oxygen atoms in total. The molecule has 0 bridgehead atoms. The van der Waals surface area contributed by atoms with Crippen LogP contribution < -0.4 is 5.32 Å². The molecule has 0 aliphatic carbocycles. The number of nitrogens with zero attached hydrogens (tertiary/aromatic N) is 2. The van der Waals surface area contributed by atoms with Crippen molar-refractivity contribution in [3.05, 3.63) is 50.5 Å². The largest absolute Gasteiger partial charge is 0.462 e. The van der Waals surface area contributed by atoms with Gasteiger partial charge in [0.05, 0.1) is 17.0 Å². The normalized spacial score (nSPS) is 11.0. The van der Waals surface area contributed by atoms with E-state index < -0.39 is 5.97 Å². The number of carbonyl (C=O) groups is 3. The van der Waals surface area contributed by atoms with Gasteiger partial charge >= 0.3 is 5.97 Å². The third-order valence-corrected chi connectivity index (χ3v) is 6.69. The minimum absolute atomic E-state index is 0.183. The molecule has 0 atom stereocenters. The highest BCUT2D eigenvalue weighted by Crippen LogP contribution is 2.36. The van der Waals surface area contributed by atoms with Crippen LogP contribution >= 0.6 is 22.9 Å². The predicted molar refractivity (Wildman–Crippen MR) is 128 cm³/mol. The average molecular weight is 476 g/mol. The van der Waals surface area contributed by atoms with Gasteiger partial charge in [-0.3, -0.25) is 9.59 Å². The Bertz CT molecular complexity index is 1230. The smallest absolute Gasteiger partial charge is 0.341 e. The lowest BCUT2D eigenvalue weighted by Crippen LogP contribution is -2.21. The number of fused-ring (bicyclic) bond motifs is 1. The number of ether oxygens (including phenoxy) is 1. The second-order valence-electron chi connectivity index (χ2n) is 7.51. The topological polar surface area (TPSA) is 80.6 Å². The molecule has 2 aromatic heterocycles. The number of aromatic nitrogens is 1. The van der Waals surface area contributed by atoms with Gasteiger partial charge in [0.25, 0.3) is 11.8 Å². The summed E-state index contributed by atoms with van der Waals surface area (Å²) in [5, 5.41) is 4.64. The molecule has 1 aromatic carbocycles. The average Bonchev–Trinajstić information content (AvgIpc) is 3.20. The van der Waals surface area contributed by atoms with Crippen molar-refractivity contribution in [1.82, 2.24) is 9.47 Å². The first-order valence-electron chi connectivity index (χ1n) is 10.2. The Kier molecular flexibility index (Phi) is 6.95. The number of thiophene rings is 1. The molecule has 0 spiro atoms. The van der Waals surface area contributed by atoms with E-state index >= 15 is 0 Å². The minimum Gasteiger partial charge on any atom is -0.462 e. The predicted octanol–water partition coefficient (Wildman–Crippen LogP) is 5.12. The third-order valence-electron chi connectivity index (χ3n) is 5.26. The zero-order chi connectivity index (χ0) is 23.7. The fourth-order valence-electron chi connectivity index (χ4n) is 3.74. The molecule has 3 rings (SSSR count). The molecule has 0 unspecified atom stereocenters. The second-order valence-corrected chi connectivity index (χ2v) is 8.97. The molecule has 0 aliphatic rings. The number of hydrogen-bond acceptors (Lipinski definition) is 5. The highest BCUT2D eigenvalue weighted by atomic mass is 35.5. The van der Waals surface area contributed by atoms with Gasteiger partial charge in [-0.2, -0.15) is 0 Å². The van der Waals surface area contributed by atoms with Crippen molar-refractivity contribution in [3.8, 4) is 0 Å². The Balaban J connectivity index is 2.12. The quantitative estimate of drug-likeness (QED) is 0.501. The molecule has 0 radical (unpaired) electrons. The van der Waals surface area contributed by atoms with E-state index in [0.29, 0.717) is 32.7 Å². The molecular formula is C23H26ClN3O4S. The van der Waals surface area contributed by atoms with Crippen molar-refractivity contribution in [2.45, 2.75) is 34.2 Å². The van der Waals surface area contributed by atoms with Crippen LogP contribution in [0.2, 0.25) is 5.02 Å². The van der Waals surface area contributed by atoms with Gasteiger partial charge in [0.1, 0.15) is 10.7 Å². The molecule has 2 heterocycles. The molecule has 1 N–H and O–H groups in total. The van der Waals surface area contributed by atoms with E-state index in [4.69, 9.17) is 16.3 Å². The Morgan fingerprint density at radius 3 is 2.44 bits per heavy atom. The summed E-state index contributed by atoms with van der Waals surface area (Å²) in [6.07, 6.45) is 0. The zero-order valence-corrected chi connectivity index (χ0v) is 20.5. The number of carbonyl (C=O) groups excluding carboxylic acids is 3. The summed E-state index contributed by atoms with van der Waals surface area (Å²) in [4.78, 5) is 40.5. The van der Waals surface area contributed by atoms with Crippen LogP contribution in [0, 0.1) is 13.8 Å². The number of esters is 1. The first kappa shape index (κ1) is 23.8. The van der Waals surface area contributed by atoms with Crippen LogP contribution in [0.15, 0.2) is 18.2 Å². The fraction of sp³-hybridized carbons (Fsp3) is 0.348. The van der Waals surface area contributed by atoms with Gasteiger partial charge in [-0.05, 0) is 57.0 Å². The number of benzene rings is 1. The van der Waals surface area contributed by atoms with Crippen molar-refractivity contribution >= 4 is 56.6 Å². The van der Waals surface area contributed by atoms with Gasteiger partial charge in [0.15, 0.2) is 0 Å². The third kappa shape index (κ3) is 4.12. The van der Waals surface area contributed by atoms with Crippen molar-refractivity contribution in [2.75, 3.05) is 26.0 Å². The van der Waals surface area contributed by atoms with Crippen molar-refractivity contribution < 1.29 is 19.1 Å². The van der Waals surface area contributed by atoms with E-state index in [2.05, 4.69) is 5.32 Å². The lowest BCUT2D eigenvalue weighted by molar-refractivity contribution is 0.0527. The summed E-state index contributed by atoms with van der Waals surface area (Å²) < 4.78 is 7.10. The molecule has 0 saturated carbocycles. The van der Waals surface area contributed by atoms with Crippen LogP contribution in [0.25, 0.3) is 10.9 Å². The zero-order valence-electron chi connectivity index (χ0n) is 19.0. The highest BCUT2D eigenvalue weighted by Gasteiger charge is 2.29. The maximum absolute atomic E-state index is 13.4. The van der Waals surface area contributed by atoms with E-state index in [1.165, 1.54) is 4.90 Å². The lowest BCUT2D eigenvalue weighted by Gasteiger charge is -2.10. The van der Waals surface area contributed by atoms with E-state index in [1.54, 1.807) is 34.0 Å². The van der Waals surface area contributed by atoms with Crippen LogP contribution in [0.4, 0.5) is 5.00 Å². The van der Waals surface area contributed by atoms with E-state index in [0.717, 1.165) is 27.8 Å². The fourth-order valence-corrected chi connectivity index (χ4v) is 5.12. The van der Waals surface area contributed by atoms with Crippen LogP contribution in [0.3, 0.4) is 0 Å².